The molecule has 0 aromatic heterocycles. The van der Waals surface area contributed by atoms with E-state index >= 15 is 0 Å². The first-order chi connectivity index (χ1) is 9.81. The highest BCUT2D eigenvalue weighted by Gasteiger charge is 2.46. The van der Waals surface area contributed by atoms with E-state index in [-0.39, 0.29) is 0 Å². The average Bonchev–Trinajstić information content (AvgIpc) is 2.69. The highest BCUT2D eigenvalue weighted by atomic mass is 16.6. The zero-order chi connectivity index (χ0) is 15.5. The van der Waals surface area contributed by atoms with Gasteiger partial charge in [-0.25, -0.2) is 9.59 Å². The van der Waals surface area contributed by atoms with Crippen molar-refractivity contribution in [3.63, 3.8) is 0 Å². The van der Waals surface area contributed by atoms with Gasteiger partial charge < -0.3 is 14.8 Å². The summed E-state index contributed by atoms with van der Waals surface area (Å²) >= 11 is 0. The number of esters is 1. The van der Waals surface area contributed by atoms with Crippen molar-refractivity contribution in [3.05, 3.63) is 35.9 Å². The van der Waals surface area contributed by atoms with Gasteiger partial charge in [0.25, 0.3) is 0 Å². The molecule has 1 amide bonds. The van der Waals surface area contributed by atoms with E-state index in [1.165, 1.54) is 0 Å². The lowest BCUT2D eigenvalue weighted by molar-refractivity contribution is -0.143. The van der Waals surface area contributed by atoms with E-state index in [1.54, 1.807) is 20.8 Å². The van der Waals surface area contributed by atoms with E-state index in [9.17, 15) is 9.59 Å². The Bertz CT molecular complexity index is 521. The number of carbonyl (C=O) groups is 2. The molecule has 1 N–H and O–H groups in total. The second-order valence-electron chi connectivity index (χ2n) is 6.26. The summed E-state index contributed by atoms with van der Waals surface area (Å²) in [5.41, 5.74) is -0.683. The van der Waals surface area contributed by atoms with Crippen molar-refractivity contribution >= 4 is 12.1 Å². The number of amides is 1. The third kappa shape index (κ3) is 3.97. The Balaban J connectivity index is 2.15. The van der Waals surface area contributed by atoms with Gasteiger partial charge in [0.15, 0.2) is 0 Å². The predicted molar refractivity (Wildman–Crippen MR) is 77.8 cm³/mol. The van der Waals surface area contributed by atoms with Crippen LogP contribution in [0.3, 0.4) is 0 Å². The lowest BCUT2D eigenvalue weighted by atomic mass is 9.89. The molecule has 1 aromatic carbocycles. The number of nitrogens with one attached hydrogen (secondary N) is 1. The number of ether oxygens (including phenoxy) is 2. The quantitative estimate of drug-likeness (QED) is 0.869. The number of carbonyl (C=O) groups excluding carboxylic acids is 2. The molecule has 1 fully saturated rings. The molecule has 0 aliphatic carbocycles. The maximum Gasteiger partial charge on any atom is 0.408 e. The Morgan fingerprint density at radius 1 is 1.33 bits per heavy atom. The second-order valence-corrected chi connectivity index (χ2v) is 6.26. The fraction of sp³-hybridized carbons (Fsp3) is 0.500. The maximum atomic E-state index is 12.1. The van der Waals surface area contributed by atoms with Gasteiger partial charge in [0, 0.05) is 12.8 Å². The molecule has 0 spiro atoms. The molecule has 0 radical (unpaired) electrons. The first kappa shape index (κ1) is 15.4. The van der Waals surface area contributed by atoms with Crippen molar-refractivity contribution in [2.75, 3.05) is 6.61 Å². The van der Waals surface area contributed by atoms with E-state index in [0.29, 0.717) is 19.4 Å². The number of alkyl carbamates (subject to hydrolysis) is 1. The third-order valence-corrected chi connectivity index (χ3v) is 3.24. The summed E-state index contributed by atoms with van der Waals surface area (Å²) in [6, 6.07) is 9.55. The monoisotopic (exact) mass is 291 g/mol. The predicted octanol–water partition coefficient (Wildman–Crippen LogP) is 2.44. The second kappa shape index (κ2) is 5.76. The maximum absolute atomic E-state index is 12.1. The molecule has 5 heteroatoms. The number of cyclic esters (lactones) is 1. The smallest absolute Gasteiger partial charge is 0.408 e. The SMILES string of the molecule is CC(C)(C)OC(=O)N[C@@]1(Cc2ccccc2)CCOC1=O. The van der Waals surface area contributed by atoms with Crippen molar-refractivity contribution in [2.24, 2.45) is 0 Å². The van der Waals surface area contributed by atoms with Crippen molar-refractivity contribution in [3.8, 4) is 0 Å². The van der Waals surface area contributed by atoms with E-state index in [2.05, 4.69) is 5.32 Å². The average molecular weight is 291 g/mol. The molecule has 1 aliphatic heterocycles. The molecule has 2 rings (SSSR count). The van der Waals surface area contributed by atoms with Crippen molar-refractivity contribution in [2.45, 2.75) is 44.8 Å². The molecule has 0 saturated carbocycles. The minimum atomic E-state index is -1.04. The summed E-state index contributed by atoms with van der Waals surface area (Å²) in [4.78, 5) is 24.1. The molecular weight excluding hydrogens is 270 g/mol. The molecule has 1 atom stereocenters. The van der Waals surface area contributed by atoms with Gasteiger partial charge in [-0.15, -0.1) is 0 Å². The van der Waals surface area contributed by atoms with Crippen LogP contribution in [-0.4, -0.2) is 29.8 Å². The molecule has 21 heavy (non-hydrogen) atoms. The molecular formula is C16H21NO4. The minimum absolute atomic E-state index is 0.307. The molecule has 1 saturated heterocycles. The molecule has 1 aliphatic rings. The van der Waals surface area contributed by atoms with Gasteiger partial charge in [-0.2, -0.15) is 0 Å². The Labute approximate surface area is 124 Å². The van der Waals surface area contributed by atoms with E-state index < -0.39 is 23.2 Å². The lowest BCUT2D eigenvalue weighted by Crippen LogP contribution is -2.54. The van der Waals surface area contributed by atoms with Crippen molar-refractivity contribution < 1.29 is 19.1 Å². The number of hydrogen-bond donors (Lipinski definition) is 1. The Kier molecular flexibility index (Phi) is 4.21. The lowest BCUT2D eigenvalue weighted by Gasteiger charge is -2.28. The Morgan fingerprint density at radius 2 is 2.00 bits per heavy atom. The fourth-order valence-corrected chi connectivity index (χ4v) is 2.32. The summed E-state index contributed by atoms with van der Waals surface area (Å²) in [6.45, 7) is 5.65. The summed E-state index contributed by atoms with van der Waals surface area (Å²) in [6.07, 6.45) is 0.239. The van der Waals surface area contributed by atoms with Gasteiger partial charge in [0.2, 0.25) is 0 Å². The molecule has 1 heterocycles. The van der Waals surface area contributed by atoms with Crippen LogP contribution in [0.1, 0.15) is 32.8 Å². The van der Waals surface area contributed by atoms with Gasteiger partial charge in [-0.3, -0.25) is 0 Å². The van der Waals surface area contributed by atoms with Crippen LogP contribution in [0.15, 0.2) is 30.3 Å². The van der Waals surface area contributed by atoms with E-state index in [0.717, 1.165) is 5.56 Å². The molecule has 0 unspecified atom stereocenters. The van der Waals surface area contributed by atoms with Crippen LogP contribution < -0.4 is 5.32 Å². The van der Waals surface area contributed by atoms with Crippen LogP contribution in [0, 0.1) is 0 Å². The van der Waals surface area contributed by atoms with Gasteiger partial charge in [-0.05, 0) is 26.3 Å². The van der Waals surface area contributed by atoms with Gasteiger partial charge >= 0.3 is 12.1 Å². The largest absolute Gasteiger partial charge is 0.464 e. The van der Waals surface area contributed by atoms with Gasteiger partial charge in [-0.1, -0.05) is 30.3 Å². The van der Waals surface area contributed by atoms with Crippen molar-refractivity contribution in [1.82, 2.24) is 5.32 Å². The normalized spacial score (nSPS) is 21.8. The molecule has 5 nitrogen and oxygen atoms in total. The van der Waals surface area contributed by atoms with Crippen LogP contribution in [0.4, 0.5) is 4.79 Å². The highest BCUT2D eigenvalue weighted by molar-refractivity contribution is 5.87. The summed E-state index contributed by atoms with van der Waals surface area (Å²) in [7, 11) is 0. The van der Waals surface area contributed by atoms with Crippen LogP contribution >= 0.6 is 0 Å². The van der Waals surface area contributed by atoms with E-state index in [1.807, 2.05) is 30.3 Å². The highest BCUT2D eigenvalue weighted by Crippen LogP contribution is 2.26. The first-order valence-electron chi connectivity index (χ1n) is 7.03. The number of benzene rings is 1. The third-order valence-electron chi connectivity index (χ3n) is 3.24. The summed E-state index contributed by atoms with van der Waals surface area (Å²) in [5.74, 6) is -0.405. The van der Waals surface area contributed by atoms with E-state index in [4.69, 9.17) is 9.47 Å². The topological polar surface area (TPSA) is 64.6 Å². The van der Waals surface area contributed by atoms with Crippen LogP contribution in [0.5, 0.6) is 0 Å². The van der Waals surface area contributed by atoms with Crippen molar-refractivity contribution in [1.29, 1.82) is 0 Å². The van der Waals surface area contributed by atoms with Crippen LogP contribution in [0.2, 0.25) is 0 Å². The Morgan fingerprint density at radius 3 is 2.52 bits per heavy atom. The molecule has 1 aromatic rings. The summed E-state index contributed by atoms with van der Waals surface area (Å²) in [5, 5.41) is 2.71. The molecule has 114 valence electrons. The van der Waals surface area contributed by atoms with Gasteiger partial charge in [0.05, 0.1) is 6.61 Å². The fourth-order valence-electron chi connectivity index (χ4n) is 2.32. The number of hydrogen-bond acceptors (Lipinski definition) is 4. The van der Waals surface area contributed by atoms with Crippen LogP contribution in [0.25, 0.3) is 0 Å². The minimum Gasteiger partial charge on any atom is -0.464 e. The summed E-state index contributed by atoms with van der Waals surface area (Å²) < 4.78 is 10.3. The zero-order valence-electron chi connectivity index (χ0n) is 12.6. The number of rotatable bonds is 3. The van der Waals surface area contributed by atoms with Crippen LogP contribution in [-0.2, 0) is 20.7 Å². The standard InChI is InChI=1S/C16H21NO4/c1-15(2,3)21-14(19)17-16(9-10-20-13(16)18)11-12-7-5-4-6-8-12/h4-8H,9-11H2,1-3H3,(H,17,19)/t16-/m1/s1. The van der Waals surface area contributed by atoms with Gasteiger partial charge in [0.1, 0.15) is 11.1 Å². The Hall–Kier alpha value is -2.04. The first-order valence-corrected chi connectivity index (χ1v) is 7.03. The molecule has 0 bridgehead atoms. The zero-order valence-corrected chi connectivity index (χ0v) is 12.6.